The number of benzene rings is 1. The van der Waals surface area contributed by atoms with Crippen molar-refractivity contribution in [2.75, 3.05) is 24.6 Å². The second kappa shape index (κ2) is 6.43. The number of nitrogen functional groups attached to an aromatic ring is 1. The van der Waals surface area contributed by atoms with Crippen LogP contribution in [0.25, 0.3) is 0 Å². The van der Waals surface area contributed by atoms with Crippen molar-refractivity contribution in [1.29, 1.82) is 0 Å². The van der Waals surface area contributed by atoms with Crippen LogP contribution in [0.1, 0.15) is 12.8 Å². The number of hydrogen-bond acceptors (Lipinski definition) is 5. The number of ether oxygens (including phenoxy) is 1. The monoisotopic (exact) mass is 300 g/mol. The van der Waals surface area contributed by atoms with Crippen LogP contribution in [-0.4, -0.2) is 38.5 Å². The molecule has 7 heteroatoms. The Labute approximate surface area is 119 Å². The van der Waals surface area contributed by atoms with E-state index in [0.29, 0.717) is 30.8 Å². The molecule has 0 aromatic heterocycles. The summed E-state index contributed by atoms with van der Waals surface area (Å²) >= 11 is 0. The molecule has 1 fully saturated rings. The molecule has 0 spiro atoms. The quantitative estimate of drug-likeness (QED) is 0.630. The zero-order valence-electron chi connectivity index (χ0n) is 11.2. The summed E-state index contributed by atoms with van der Waals surface area (Å²) in [6.45, 7) is 0.462. The number of aliphatic hydroxyl groups is 1. The Balaban J connectivity index is 1.69. The fraction of sp³-hybridized carbons (Fsp3) is 0.538. The van der Waals surface area contributed by atoms with Gasteiger partial charge in [0.25, 0.3) is 0 Å². The predicted molar refractivity (Wildman–Crippen MR) is 76.9 cm³/mol. The first kappa shape index (κ1) is 15.1. The van der Waals surface area contributed by atoms with Crippen molar-refractivity contribution >= 4 is 15.7 Å². The number of rotatable bonds is 7. The molecule has 1 saturated carbocycles. The van der Waals surface area contributed by atoms with Gasteiger partial charge in [0.2, 0.25) is 10.0 Å². The van der Waals surface area contributed by atoms with Crippen LogP contribution in [0.3, 0.4) is 0 Å². The van der Waals surface area contributed by atoms with Crippen LogP contribution >= 0.6 is 0 Å². The molecule has 0 saturated heterocycles. The van der Waals surface area contributed by atoms with E-state index in [1.165, 1.54) is 0 Å². The number of anilines is 1. The van der Waals surface area contributed by atoms with Gasteiger partial charge in [0.1, 0.15) is 12.4 Å². The lowest BCUT2D eigenvalue weighted by Gasteiger charge is -2.31. The van der Waals surface area contributed by atoms with E-state index in [2.05, 4.69) is 4.72 Å². The van der Waals surface area contributed by atoms with Crippen molar-refractivity contribution in [3.8, 4) is 5.75 Å². The van der Waals surface area contributed by atoms with E-state index in [4.69, 9.17) is 15.6 Å². The summed E-state index contributed by atoms with van der Waals surface area (Å²) in [5.41, 5.74) is 6.17. The average molecular weight is 300 g/mol. The largest absolute Gasteiger partial charge is 0.492 e. The third-order valence-electron chi connectivity index (χ3n) is 3.28. The maximum Gasteiger partial charge on any atom is 0.214 e. The first-order valence-corrected chi connectivity index (χ1v) is 8.23. The van der Waals surface area contributed by atoms with Gasteiger partial charge >= 0.3 is 0 Å². The average Bonchev–Trinajstić information content (AvgIpc) is 2.33. The summed E-state index contributed by atoms with van der Waals surface area (Å²) < 4.78 is 31.4. The van der Waals surface area contributed by atoms with Gasteiger partial charge in [-0.2, -0.15) is 0 Å². The topological polar surface area (TPSA) is 102 Å². The Morgan fingerprint density at radius 1 is 1.40 bits per heavy atom. The van der Waals surface area contributed by atoms with E-state index in [1.54, 1.807) is 24.3 Å². The molecule has 1 aromatic carbocycles. The summed E-state index contributed by atoms with van der Waals surface area (Å²) in [7, 11) is -3.34. The zero-order valence-corrected chi connectivity index (χ0v) is 12.0. The number of sulfonamides is 1. The van der Waals surface area contributed by atoms with Gasteiger partial charge in [-0.05, 0) is 30.9 Å². The molecule has 0 heterocycles. The summed E-state index contributed by atoms with van der Waals surface area (Å²) in [6.07, 6.45) is 1.07. The zero-order chi connectivity index (χ0) is 14.6. The Bertz CT molecular complexity index is 541. The third kappa shape index (κ3) is 4.66. The van der Waals surface area contributed by atoms with Gasteiger partial charge in [-0.25, -0.2) is 13.1 Å². The molecule has 112 valence electrons. The summed E-state index contributed by atoms with van der Waals surface area (Å²) in [5.74, 6) is 0.703. The highest BCUT2D eigenvalue weighted by atomic mass is 32.2. The molecule has 1 aliphatic rings. The molecule has 1 aliphatic carbocycles. The standard InChI is InChI=1S/C13H20N2O4S/c14-11-2-1-3-13(8-11)19-4-5-20(17,18)15-9-10-6-12(16)7-10/h1-3,8,10,12,15-16H,4-7,9,14H2. The van der Waals surface area contributed by atoms with Crippen molar-refractivity contribution < 1.29 is 18.3 Å². The number of hydrogen-bond donors (Lipinski definition) is 3. The van der Waals surface area contributed by atoms with Crippen molar-refractivity contribution in [3.05, 3.63) is 24.3 Å². The van der Waals surface area contributed by atoms with Crippen LogP contribution in [0.2, 0.25) is 0 Å². The van der Waals surface area contributed by atoms with Crippen LogP contribution in [0, 0.1) is 5.92 Å². The van der Waals surface area contributed by atoms with Gasteiger partial charge in [-0.15, -0.1) is 0 Å². The third-order valence-corrected chi connectivity index (χ3v) is 4.59. The summed E-state index contributed by atoms with van der Waals surface area (Å²) in [6, 6.07) is 6.86. The van der Waals surface area contributed by atoms with Crippen molar-refractivity contribution in [2.45, 2.75) is 18.9 Å². The van der Waals surface area contributed by atoms with Gasteiger partial charge in [0.15, 0.2) is 0 Å². The van der Waals surface area contributed by atoms with Crippen LogP contribution < -0.4 is 15.2 Å². The fourth-order valence-corrected chi connectivity index (χ4v) is 2.99. The van der Waals surface area contributed by atoms with E-state index in [9.17, 15) is 8.42 Å². The van der Waals surface area contributed by atoms with Gasteiger partial charge in [0.05, 0.1) is 11.9 Å². The van der Waals surface area contributed by atoms with Crippen molar-refractivity contribution in [2.24, 2.45) is 5.92 Å². The Hall–Kier alpha value is -1.31. The molecule has 2 rings (SSSR count). The maximum absolute atomic E-state index is 11.7. The minimum atomic E-state index is -3.34. The Morgan fingerprint density at radius 3 is 2.80 bits per heavy atom. The highest BCUT2D eigenvalue weighted by Gasteiger charge is 2.27. The molecule has 0 amide bonds. The fourth-order valence-electron chi connectivity index (χ4n) is 2.06. The lowest BCUT2D eigenvalue weighted by atomic mass is 9.83. The predicted octanol–water partition coefficient (Wildman–Crippen LogP) is 0.338. The number of nitrogens with two attached hydrogens (primary N) is 1. The summed E-state index contributed by atoms with van der Waals surface area (Å²) in [4.78, 5) is 0. The molecular formula is C13H20N2O4S. The molecule has 0 unspecified atom stereocenters. The molecule has 6 nitrogen and oxygen atoms in total. The van der Waals surface area contributed by atoms with E-state index in [1.807, 2.05) is 0 Å². The SMILES string of the molecule is Nc1cccc(OCCS(=O)(=O)NCC2CC(O)C2)c1. The minimum Gasteiger partial charge on any atom is -0.492 e. The Kier molecular flexibility index (Phi) is 4.85. The second-order valence-corrected chi connectivity index (χ2v) is 7.01. The van der Waals surface area contributed by atoms with Crippen LogP contribution in [0.15, 0.2) is 24.3 Å². The lowest BCUT2D eigenvalue weighted by Crippen LogP contribution is -2.39. The molecule has 4 N–H and O–H groups in total. The van der Waals surface area contributed by atoms with Crippen molar-refractivity contribution in [3.63, 3.8) is 0 Å². The molecular weight excluding hydrogens is 280 g/mol. The van der Waals surface area contributed by atoms with Gasteiger partial charge < -0.3 is 15.6 Å². The van der Waals surface area contributed by atoms with Gasteiger partial charge in [0, 0.05) is 18.3 Å². The first-order chi connectivity index (χ1) is 9.44. The second-order valence-electron chi connectivity index (χ2n) is 5.08. The number of aliphatic hydroxyl groups excluding tert-OH is 1. The molecule has 0 aliphatic heterocycles. The van der Waals surface area contributed by atoms with E-state index in [-0.39, 0.29) is 24.4 Å². The smallest absolute Gasteiger partial charge is 0.214 e. The highest BCUT2D eigenvalue weighted by Crippen LogP contribution is 2.26. The maximum atomic E-state index is 11.7. The van der Waals surface area contributed by atoms with Crippen LogP contribution in [0.5, 0.6) is 5.75 Å². The minimum absolute atomic E-state index is 0.0755. The normalized spacial score (nSPS) is 22.2. The van der Waals surface area contributed by atoms with E-state index < -0.39 is 10.0 Å². The Morgan fingerprint density at radius 2 is 2.15 bits per heavy atom. The van der Waals surface area contributed by atoms with E-state index >= 15 is 0 Å². The summed E-state index contributed by atoms with van der Waals surface area (Å²) in [5, 5.41) is 9.13. The molecule has 1 aromatic rings. The molecule has 0 bridgehead atoms. The van der Waals surface area contributed by atoms with Gasteiger partial charge in [-0.1, -0.05) is 6.07 Å². The van der Waals surface area contributed by atoms with Crippen molar-refractivity contribution in [1.82, 2.24) is 4.72 Å². The highest BCUT2D eigenvalue weighted by molar-refractivity contribution is 7.89. The molecule has 0 atom stereocenters. The van der Waals surface area contributed by atoms with Crippen LogP contribution in [-0.2, 0) is 10.0 Å². The van der Waals surface area contributed by atoms with Crippen LogP contribution in [0.4, 0.5) is 5.69 Å². The molecule has 20 heavy (non-hydrogen) atoms. The first-order valence-electron chi connectivity index (χ1n) is 6.58. The van der Waals surface area contributed by atoms with E-state index in [0.717, 1.165) is 0 Å². The van der Waals surface area contributed by atoms with Gasteiger partial charge in [-0.3, -0.25) is 0 Å². The molecule has 0 radical (unpaired) electrons. The number of nitrogens with one attached hydrogen (secondary N) is 1. The lowest BCUT2D eigenvalue weighted by molar-refractivity contribution is 0.0453.